The van der Waals surface area contributed by atoms with E-state index in [1.807, 2.05) is 0 Å². The summed E-state index contributed by atoms with van der Waals surface area (Å²) in [6.45, 7) is 5.60. The number of piperazine rings is 1. The lowest BCUT2D eigenvalue weighted by Gasteiger charge is -2.35. The van der Waals surface area contributed by atoms with Crippen LogP contribution >= 0.6 is 22.6 Å². The minimum atomic E-state index is 0.651. The topological polar surface area (TPSA) is 15.3 Å². The van der Waals surface area contributed by atoms with E-state index >= 15 is 0 Å². The van der Waals surface area contributed by atoms with E-state index in [1.54, 1.807) is 0 Å². The van der Waals surface area contributed by atoms with Crippen molar-refractivity contribution in [1.29, 1.82) is 0 Å². The smallest absolute Gasteiger partial charge is 0.0367 e. The van der Waals surface area contributed by atoms with E-state index < -0.39 is 0 Å². The molecule has 1 saturated heterocycles. The Kier molecular flexibility index (Phi) is 3.86. The molecule has 0 saturated carbocycles. The Labute approximate surface area is 105 Å². The van der Waals surface area contributed by atoms with Crippen LogP contribution in [0.4, 0.5) is 5.69 Å². The lowest BCUT2D eigenvalue weighted by atomic mass is 10.1. The van der Waals surface area contributed by atoms with Gasteiger partial charge < -0.3 is 10.2 Å². The fourth-order valence-electron chi connectivity index (χ4n) is 1.99. The molecule has 0 aromatic heterocycles. The van der Waals surface area contributed by atoms with Gasteiger partial charge in [0.1, 0.15) is 0 Å². The highest BCUT2D eigenvalue weighted by atomic mass is 127. The second-order valence-electron chi connectivity index (χ2n) is 3.98. The van der Waals surface area contributed by atoms with Crippen molar-refractivity contribution in [3.8, 4) is 0 Å². The normalized spacial score (nSPS) is 21.7. The Morgan fingerprint density at radius 2 is 2.13 bits per heavy atom. The van der Waals surface area contributed by atoms with Crippen molar-refractivity contribution in [2.24, 2.45) is 0 Å². The van der Waals surface area contributed by atoms with E-state index in [0.717, 1.165) is 19.6 Å². The quantitative estimate of drug-likeness (QED) is 0.844. The van der Waals surface area contributed by atoms with Gasteiger partial charge in [-0.3, -0.25) is 0 Å². The summed E-state index contributed by atoms with van der Waals surface area (Å²) in [7, 11) is 0. The number of anilines is 1. The first kappa shape index (κ1) is 11.2. The van der Waals surface area contributed by atoms with Crippen LogP contribution in [-0.4, -0.2) is 25.7 Å². The third-order valence-corrected chi connectivity index (χ3v) is 3.66. The van der Waals surface area contributed by atoms with Crippen LogP contribution in [0.1, 0.15) is 13.3 Å². The number of hydrogen-bond donors (Lipinski definition) is 1. The minimum absolute atomic E-state index is 0.651. The van der Waals surface area contributed by atoms with E-state index in [2.05, 4.69) is 64.0 Å². The second-order valence-corrected chi connectivity index (χ2v) is 5.23. The summed E-state index contributed by atoms with van der Waals surface area (Å²) in [5.74, 6) is 0. The van der Waals surface area contributed by atoms with Crippen LogP contribution in [0.2, 0.25) is 0 Å². The minimum Gasteiger partial charge on any atom is -0.369 e. The van der Waals surface area contributed by atoms with Gasteiger partial charge >= 0.3 is 0 Å². The number of nitrogens with one attached hydrogen (secondary N) is 1. The summed E-state index contributed by atoms with van der Waals surface area (Å²) in [5.41, 5.74) is 1.36. The summed E-state index contributed by atoms with van der Waals surface area (Å²) in [4.78, 5) is 2.47. The number of halogens is 1. The maximum Gasteiger partial charge on any atom is 0.0367 e. The van der Waals surface area contributed by atoms with Gasteiger partial charge in [-0.25, -0.2) is 0 Å². The first-order valence-electron chi connectivity index (χ1n) is 5.53. The van der Waals surface area contributed by atoms with E-state index in [0.29, 0.717) is 6.04 Å². The summed E-state index contributed by atoms with van der Waals surface area (Å²) in [6.07, 6.45) is 1.21. The lowest BCUT2D eigenvalue weighted by molar-refractivity contribution is 0.447. The van der Waals surface area contributed by atoms with Gasteiger partial charge in [0.25, 0.3) is 0 Å². The molecule has 1 aromatic rings. The van der Waals surface area contributed by atoms with Crippen molar-refractivity contribution >= 4 is 28.3 Å². The van der Waals surface area contributed by atoms with Gasteiger partial charge in [-0.15, -0.1) is 0 Å². The summed E-state index contributed by atoms with van der Waals surface area (Å²) in [6, 6.07) is 9.45. The van der Waals surface area contributed by atoms with Crippen LogP contribution in [0, 0.1) is 3.57 Å². The average molecular weight is 316 g/mol. The van der Waals surface area contributed by atoms with Crippen LogP contribution in [0.15, 0.2) is 24.3 Å². The fraction of sp³-hybridized carbons (Fsp3) is 0.500. The molecule has 1 atom stereocenters. The zero-order valence-electron chi connectivity index (χ0n) is 9.04. The van der Waals surface area contributed by atoms with Crippen LogP contribution in [0.5, 0.6) is 0 Å². The standard InChI is InChI=1S/C12H17IN2/c1-2-11-9-15(8-7-14-11)12-5-3-10(13)4-6-12/h3-6,11,14H,2,7-9H2,1H3. The summed E-state index contributed by atoms with van der Waals surface area (Å²) in [5, 5.41) is 3.54. The SMILES string of the molecule is CCC1CN(c2ccc(I)cc2)CCN1. The van der Waals surface area contributed by atoms with Crippen molar-refractivity contribution in [3.63, 3.8) is 0 Å². The van der Waals surface area contributed by atoms with Crippen molar-refractivity contribution in [2.45, 2.75) is 19.4 Å². The largest absolute Gasteiger partial charge is 0.369 e. The maximum absolute atomic E-state index is 3.54. The van der Waals surface area contributed by atoms with Gasteiger partial charge in [0.15, 0.2) is 0 Å². The molecule has 1 N–H and O–H groups in total. The van der Waals surface area contributed by atoms with E-state index in [4.69, 9.17) is 0 Å². The molecule has 0 amide bonds. The number of rotatable bonds is 2. The van der Waals surface area contributed by atoms with Crippen molar-refractivity contribution < 1.29 is 0 Å². The number of hydrogen-bond acceptors (Lipinski definition) is 2. The molecular formula is C12H17IN2. The van der Waals surface area contributed by atoms with Crippen molar-refractivity contribution in [1.82, 2.24) is 5.32 Å². The van der Waals surface area contributed by atoms with Gasteiger partial charge in [0.2, 0.25) is 0 Å². The third-order valence-electron chi connectivity index (χ3n) is 2.94. The van der Waals surface area contributed by atoms with E-state index in [1.165, 1.54) is 15.7 Å². The van der Waals surface area contributed by atoms with Gasteiger partial charge in [-0.05, 0) is 53.3 Å². The molecule has 1 aliphatic heterocycles. The van der Waals surface area contributed by atoms with Gasteiger partial charge in [-0.1, -0.05) is 6.92 Å². The molecule has 3 heteroatoms. The molecule has 15 heavy (non-hydrogen) atoms. The molecule has 0 aliphatic carbocycles. The lowest BCUT2D eigenvalue weighted by Crippen LogP contribution is -2.50. The predicted octanol–water partition coefficient (Wildman–Crippen LogP) is 2.48. The Balaban J connectivity index is 2.06. The van der Waals surface area contributed by atoms with Crippen LogP contribution in [-0.2, 0) is 0 Å². The molecule has 0 radical (unpaired) electrons. The molecular weight excluding hydrogens is 299 g/mol. The second kappa shape index (κ2) is 5.16. The van der Waals surface area contributed by atoms with Gasteiger partial charge in [0, 0.05) is 34.9 Å². The average Bonchev–Trinajstić information content (AvgIpc) is 2.30. The number of nitrogens with zero attached hydrogens (tertiary/aromatic N) is 1. The molecule has 0 bridgehead atoms. The summed E-state index contributed by atoms with van der Waals surface area (Å²) >= 11 is 2.35. The number of benzene rings is 1. The molecule has 1 heterocycles. The highest BCUT2D eigenvalue weighted by Gasteiger charge is 2.17. The van der Waals surface area contributed by atoms with Crippen molar-refractivity contribution in [2.75, 3.05) is 24.5 Å². The Bertz CT molecular complexity index is 310. The van der Waals surface area contributed by atoms with Gasteiger partial charge in [-0.2, -0.15) is 0 Å². The monoisotopic (exact) mass is 316 g/mol. The zero-order chi connectivity index (χ0) is 10.7. The van der Waals surface area contributed by atoms with Crippen molar-refractivity contribution in [3.05, 3.63) is 27.8 Å². The molecule has 1 aliphatic rings. The maximum atomic E-state index is 3.54. The van der Waals surface area contributed by atoms with E-state index in [9.17, 15) is 0 Å². The first-order chi connectivity index (χ1) is 7.29. The molecule has 2 rings (SSSR count). The predicted molar refractivity (Wildman–Crippen MR) is 73.5 cm³/mol. The third kappa shape index (κ3) is 2.84. The Hall–Kier alpha value is -0.290. The zero-order valence-corrected chi connectivity index (χ0v) is 11.2. The van der Waals surface area contributed by atoms with Gasteiger partial charge in [0.05, 0.1) is 0 Å². The van der Waals surface area contributed by atoms with Crippen LogP contribution in [0.3, 0.4) is 0 Å². The molecule has 2 nitrogen and oxygen atoms in total. The molecule has 82 valence electrons. The van der Waals surface area contributed by atoms with Crippen LogP contribution in [0.25, 0.3) is 0 Å². The first-order valence-corrected chi connectivity index (χ1v) is 6.61. The summed E-state index contributed by atoms with van der Waals surface area (Å²) < 4.78 is 1.30. The molecule has 1 unspecified atom stereocenters. The Morgan fingerprint density at radius 1 is 1.40 bits per heavy atom. The Morgan fingerprint density at radius 3 is 2.80 bits per heavy atom. The molecule has 1 fully saturated rings. The van der Waals surface area contributed by atoms with Crippen LogP contribution < -0.4 is 10.2 Å². The van der Waals surface area contributed by atoms with E-state index in [-0.39, 0.29) is 0 Å². The molecule has 0 spiro atoms. The highest BCUT2D eigenvalue weighted by molar-refractivity contribution is 14.1. The molecule has 1 aromatic carbocycles. The highest BCUT2D eigenvalue weighted by Crippen LogP contribution is 2.18. The fourth-order valence-corrected chi connectivity index (χ4v) is 2.34.